The zero-order chi connectivity index (χ0) is 10.6. The standard InChI is InChI=1S/C9H12N2O3/c1-14-9(13)7(12)5-6-3-2-4-11-8(6)10/h2-4,7,12H,5H2,1H3,(H2,10,11). The Labute approximate surface area is 81.5 Å². The maximum Gasteiger partial charge on any atom is 0.335 e. The number of aliphatic hydroxyl groups is 1. The zero-order valence-corrected chi connectivity index (χ0v) is 7.80. The molecule has 0 aromatic carbocycles. The number of carbonyl (C=O) groups excluding carboxylic acids is 1. The Kier molecular flexibility index (Phi) is 3.41. The molecule has 0 fully saturated rings. The number of hydrogen-bond acceptors (Lipinski definition) is 5. The third-order valence-electron chi connectivity index (χ3n) is 1.81. The number of ether oxygens (including phenoxy) is 1. The van der Waals surface area contributed by atoms with Gasteiger partial charge in [0.1, 0.15) is 5.82 Å². The fourth-order valence-electron chi connectivity index (χ4n) is 1.05. The number of aliphatic hydroxyl groups excluding tert-OH is 1. The molecule has 3 N–H and O–H groups in total. The number of hydrogen-bond donors (Lipinski definition) is 2. The third kappa shape index (κ3) is 2.43. The minimum absolute atomic E-state index is 0.117. The lowest BCUT2D eigenvalue weighted by Crippen LogP contribution is -2.24. The number of anilines is 1. The van der Waals surface area contributed by atoms with Crippen molar-refractivity contribution in [1.29, 1.82) is 0 Å². The molecule has 76 valence electrons. The third-order valence-corrected chi connectivity index (χ3v) is 1.81. The Morgan fingerprint density at radius 1 is 1.79 bits per heavy atom. The van der Waals surface area contributed by atoms with Gasteiger partial charge >= 0.3 is 5.97 Å². The van der Waals surface area contributed by atoms with E-state index >= 15 is 0 Å². The number of nitrogen functional groups attached to an aromatic ring is 1. The largest absolute Gasteiger partial charge is 0.467 e. The molecule has 0 aliphatic carbocycles. The normalized spacial score (nSPS) is 12.1. The second-order valence-electron chi connectivity index (χ2n) is 2.79. The zero-order valence-electron chi connectivity index (χ0n) is 7.80. The highest BCUT2D eigenvalue weighted by molar-refractivity contribution is 5.74. The predicted molar refractivity (Wildman–Crippen MR) is 50.4 cm³/mol. The van der Waals surface area contributed by atoms with Crippen molar-refractivity contribution in [2.75, 3.05) is 12.8 Å². The van der Waals surface area contributed by atoms with Crippen LogP contribution in [0.2, 0.25) is 0 Å². The molecule has 1 heterocycles. The lowest BCUT2D eigenvalue weighted by Gasteiger charge is -2.08. The van der Waals surface area contributed by atoms with Crippen LogP contribution in [0.15, 0.2) is 18.3 Å². The van der Waals surface area contributed by atoms with Gasteiger partial charge in [-0.2, -0.15) is 0 Å². The highest BCUT2D eigenvalue weighted by Crippen LogP contribution is 2.10. The fraction of sp³-hybridized carbons (Fsp3) is 0.333. The van der Waals surface area contributed by atoms with Crippen LogP contribution in [0.5, 0.6) is 0 Å². The number of esters is 1. The maximum absolute atomic E-state index is 10.9. The summed E-state index contributed by atoms with van der Waals surface area (Å²) in [7, 11) is 1.22. The van der Waals surface area contributed by atoms with Crippen molar-refractivity contribution in [3.05, 3.63) is 23.9 Å². The first-order valence-electron chi connectivity index (χ1n) is 4.10. The van der Waals surface area contributed by atoms with E-state index in [0.29, 0.717) is 11.4 Å². The van der Waals surface area contributed by atoms with E-state index in [2.05, 4.69) is 9.72 Å². The molecule has 0 aliphatic rings. The van der Waals surface area contributed by atoms with Gasteiger partial charge in [0.05, 0.1) is 7.11 Å². The first-order chi connectivity index (χ1) is 6.65. The Morgan fingerprint density at radius 3 is 3.07 bits per heavy atom. The molecule has 0 radical (unpaired) electrons. The van der Waals surface area contributed by atoms with Gasteiger partial charge in [-0.15, -0.1) is 0 Å². The molecule has 0 aliphatic heterocycles. The van der Waals surface area contributed by atoms with E-state index in [4.69, 9.17) is 5.73 Å². The van der Waals surface area contributed by atoms with Crippen molar-refractivity contribution >= 4 is 11.8 Å². The molecule has 0 amide bonds. The average Bonchev–Trinajstić information content (AvgIpc) is 2.20. The molecule has 5 nitrogen and oxygen atoms in total. The number of nitrogens with two attached hydrogens (primary N) is 1. The van der Waals surface area contributed by atoms with Crippen molar-refractivity contribution < 1.29 is 14.6 Å². The predicted octanol–water partition coefficient (Wildman–Crippen LogP) is -0.260. The van der Waals surface area contributed by atoms with Crippen LogP contribution in [-0.2, 0) is 16.0 Å². The molecule has 0 bridgehead atoms. The van der Waals surface area contributed by atoms with E-state index in [0.717, 1.165) is 0 Å². The molecule has 0 saturated heterocycles. The Bertz CT molecular complexity index is 328. The highest BCUT2D eigenvalue weighted by atomic mass is 16.5. The Morgan fingerprint density at radius 2 is 2.50 bits per heavy atom. The summed E-state index contributed by atoms with van der Waals surface area (Å²) in [5.41, 5.74) is 6.17. The van der Waals surface area contributed by atoms with Crippen LogP contribution < -0.4 is 5.73 Å². The summed E-state index contributed by atoms with van der Waals surface area (Å²) in [6.07, 6.45) is 0.474. The first kappa shape index (κ1) is 10.5. The minimum Gasteiger partial charge on any atom is -0.467 e. The number of nitrogens with zero attached hydrogens (tertiary/aromatic N) is 1. The van der Waals surface area contributed by atoms with Gasteiger partial charge in [-0.1, -0.05) is 6.07 Å². The molecular formula is C9H12N2O3. The van der Waals surface area contributed by atoms with Crippen LogP contribution in [0.4, 0.5) is 5.82 Å². The van der Waals surface area contributed by atoms with Gasteiger partial charge in [0, 0.05) is 12.6 Å². The topological polar surface area (TPSA) is 85.4 Å². The van der Waals surface area contributed by atoms with Gasteiger partial charge in [0.25, 0.3) is 0 Å². The molecule has 1 rings (SSSR count). The summed E-state index contributed by atoms with van der Waals surface area (Å²) in [5.74, 6) is -0.358. The lowest BCUT2D eigenvalue weighted by atomic mass is 10.1. The first-order valence-corrected chi connectivity index (χ1v) is 4.10. The summed E-state index contributed by atoms with van der Waals surface area (Å²) >= 11 is 0. The highest BCUT2D eigenvalue weighted by Gasteiger charge is 2.16. The number of aromatic nitrogens is 1. The maximum atomic E-state index is 10.9. The van der Waals surface area contributed by atoms with E-state index in [-0.39, 0.29) is 6.42 Å². The van der Waals surface area contributed by atoms with Crippen molar-refractivity contribution in [2.24, 2.45) is 0 Å². The molecular weight excluding hydrogens is 184 g/mol. The molecule has 0 spiro atoms. The van der Waals surface area contributed by atoms with Crippen LogP contribution in [0.25, 0.3) is 0 Å². The summed E-state index contributed by atoms with van der Waals surface area (Å²) in [6.45, 7) is 0. The minimum atomic E-state index is -1.19. The van der Waals surface area contributed by atoms with E-state index in [9.17, 15) is 9.90 Å². The second-order valence-corrected chi connectivity index (χ2v) is 2.79. The smallest absolute Gasteiger partial charge is 0.335 e. The summed E-state index contributed by atoms with van der Waals surface area (Å²) in [5, 5.41) is 9.34. The van der Waals surface area contributed by atoms with Crippen LogP contribution in [0, 0.1) is 0 Å². The Balaban J connectivity index is 2.69. The lowest BCUT2D eigenvalue weighted by molar-refractivity contribution is -0.150. The summed E-state index contributed by atoms with van der Waals surface area (Å²) in [6, 6.07) is 3.39. The molecule has 14 heavy (non-hydrogen) atoms. The van der Waals surface area contributed by atoms with Crippen LogP contribution >= 0.6 is 0 Å². The molecule has 5 heteroatoms. The van der Waals surface area contributed by atoms with Gasteiger partial charge in [0.2, 0.25) is 0 Å². The number of methoxy groups -OCH3 is 1. The fourth-order valence-corrected chi connectivity index (χ4v) is 1.05. The van der Waals surface area contributed by atoms with Crippen LogP contribution in [0.1, 0.15) is 5.56 Å². The molecule has 1 atom stereocenters. The SMILES string of the molecule is COC(=O)C(O)Cc1cccnc1N. The number of rotatable bonds is 3. The van der Waals surface area contributed by atoms with Crippen LogP contribution in [0.3, 0.4) is 0 Å². The molecule has 1 unspecified atom stereocenters. The van der Waals surface area contributed by atoms with Crippen LogP contribution in [-0.4, -0.2) is 29.3 Å². The van der Waals surface area contributed by atoms with E-state index in [1.165, 1.54) is 7.11 Å². The van der Waals surface area contributed by atoms with E-state index in [1.54, 1.807) is 18.3 Å². The van der Waals surface area contributed by atoms with Crippen molar-refractivity contribution in [1.82, 2.24) is 4.98 Å². The Hall–Kier alpha value is -1.62. The van der Waals surface area contributed by atoms with Crippen molar-refractivity contribution in [2.45, 2.75) is 12.5 Å². The summed E-state index contributed by atoms with van der Waals surface area (Å²) in [4.78, 5) is 14.7. The average molecular weight is 196 g/mol. The van der Waals surface area contributed by atoms with Gasteiger partial charge in [0.15, 0.2) is 6.10 Å². The molecule has 1 aromatic heterocycles. The van der Waals surface area contributed by atoms with Crippen molar-refractivity contribution in [3.63, 3.8) is 0 Å². The van der Waals surface area contributed by atoms with Gasteiger partial charge in [-0.05, 0) is 11.6 Å². The number of carbonyl (C=O) groups is 1. The quantitative estimate of drug-likeness (QED) is 0.650. The monoisotopic (exact) mass is 196 g/mol. The van der Waals surface area contributed by atoms with E-state index in [1.807, 2.05) is 0 Å². The number of pyridine rings is 1. The van der Waals surface area contributed by atoms with Crippen molar-refractivity contribution in [3.8, 4) is 0 Å². The summed E-state index contributed by atoms with van der Waals surface area (Å²) < 4.78 is 4.37. The molecule has 1 aromatic rings. The van der Waals surface area contributed by atoms with Gasteiger partial charge in [-0.25, -0.2) is 9.78 Å². The van der Waals surface area contributed by atoms with Gasteiger partial charge < -0.3 is 15.6 Å². The second kappa shape index (κ2) is 4.57. The van der Waals surface area contributed by atoms with Gasteiger partial charge in [-0.3, -0.25) is 0 Å². The van der Waals surface area contributed by atoms with E-state index < -0.39 is 12.1 Å². The molecule has 0 saturated carbocycles.